The molecule has 104 valence electrons. The second-order valence-electron chi connectivity index (χ2n) is 3.85. The van der Waals surface area contributed by atoms with E-state index >= 15 is 0 Å². The lowest BCUT2D eigenvalue weighted by atomic mass is 10.1. The van der Waals surface area contributed by atoms with Gasteiger partial charge in [0, 0.05) is 12.4 Å². The Balaban J connectivity index is 2.36. The van der Waals surface area contributed by atoms with Gasteiger partial charge in [0.05, 0.1) is 24.4 Å². The number of carbonyl (C=O) groups excluding carboxylic acids is 1. The van der Waals surface area contributed by atoms with Gasteiger partial charge in [0.15, 0.2) is 0 Å². The lowest BCUT2D eigenvalue weighted by Crippen LogP contribution is -2.15. The number of halogens is 1. The van der Waals surface area contributed by atoms with Gasteiger partial charge in [-0.25, -0.2) is 0 Å². The van der Waals surface area contributed by atoms with Crippen molar-refractivity contribution in [3.8, 4) is 11.5 Å². The maximum Gasteiger partial charge on any atom is 0.263 e. The molecular formula is C14H13BrN2O3. The fraction of sp³-hybridized carbons (Fsp3) is 0.143. The summed E-state index contributed by atoms with van der Waals surface area (Å²) in [6.45, 7) is 0. The van der Waals surface area contributed by atoms with Crippen LogP contribution in [-0.2, 0) is 0 Å². The zero-order valence-electron chi connectivity index (χ0n) is 11.0. The molecule has 1 N–H and O–H groups in total. The molecule has 0 aliphatic rings. The summed E-state index contributed by atoms with van der Waals surface area (Å²) in [7, 11) is 3.02. The van der Waals surface area contributed by atoms with Crippen molar-refractivity contribution in [1.29, 1.82) is 0 Å². The topological polar surface area (TPSA) is 60.5 Å². The third-order valence-corrected chi connectivity index (χ3v) is 3.31. The van der Waals surface area contributed by atoms with Crippen molar-refractivity contribution < 1.29 is 14.3 Å². The van der Waals surface area contributed by atoms with Gasteiger partial charge in [-0.3, -0.25) is 9.78 Å². The van der Waals surface area contributed by atoms with Gasteiger partial charge in [-0.2, -0.15) is 0 Å². The third kappa shape index (κ3) is 2.91. The minimum absolute atomic E-state index is 0.314. The van der Waals surface area contributed by atoms with Crippen molar-refractivity contribution in [2.45, 2.75) is 0 Å². The molecule has 0 saturated heterocycles. The Morgan fingerprint density at radius 3 is 2.40 bits per heavy atom. The number of pyridine rings is 1. The minimum atomic E-state index is -0.314. The number of methoxy groups -OCH3 is 2. The molecule has 1 heterocycles. The second kappa shape index (κ2) is 6.38. The van der Waals surface area contributed by atoms with Gasteiger partial charge >= 0.3 is 0 Å². The number of hydrogen-bond donors (Lipinski definition) is 1. The molecule has 0 bridgehead atoms. The summed E-state index contributed by atoms with van der Waals surface area (Å²) in [5.41, 5.74) is 0.971. The number of hydrogen-bond acceptors (Lipinski definition) is 4. The fourth-order valence-corrected chi connectivity index (χ4v) is 2.09. The van der Waals surface area contributed by atoms with Crippen molar-refractivity contribution in [3.05, 3.63) is 46.7 Å². The average molecular weight is 337 g/mol. The van der Waals surface area contributed by atoms with Gasteiger partial charge < -0.3 is 14.8 Å². The number of ether oxygens (including phenoxy) is 2. The number of rotatable bonds is 4. The Kier molecular flexibility index (Phi) is 4.57. The predicted molar refractivity (Wildman–Crippen MR) is 79.4 cm³/mol. The number of carbonyl (C=O) groups is 1. The van der Waals surface area contributed by atoms with Gasteiger partial charge in [0.1, 0.15) is 17.1 Å². The Morgan fingerprint density at radius 2 is 1.85 bits per heavy atom. The van der Waals surface area contributed by atoms with Gasteiger partial charge in [-0.15, -0.1) is 0 Å². The average Bonchev–Trinajstić information content (AvgIpc) is 2.48. The lowest BCUT2D eigenvalue weighted by Gasteiger charge is -2.13. The number of benzene rings is 1. The van der Waals surface area contributed by atoms with Crippen molar-refractivity contribution in [3.63, 3.8) is 0 Å². The number of nitrogens with one attached hydrogen (secondary N) is 1. The minimum Gasteiger partial charge on any atom is -0.496 e. The maximum atomic E-state index is 12.4. The molecule has 0 aliphatic heterocycles. The van der Waals surface area contributed by atoms with Crippen LogP contribution in [0.3, 0.4) is 0 Å². The molecule has 1 amide bonds. The summed E-state index contributed by atoms with van der Waals surface area (Å²) in [6.07, 6.45) is 3.20. The Bertz CT molecular complexity index is 609. The monoisotopic (exact) mass is 336 g/mol. The van der Waals surface area contributed by atoms with E-state index in [2.05, 4.69) is 26.2 Å². The van der Waals surface area contributed by atoms with Crippen LogP contribution in [0.15, 0.2) is 41.1 Å². The summed E-state index contributed by atoms with van der Waals surface area (Å²) in [5, 5.41) is 2.79. The van der Waals surface area contributed by atoms with E-state index in [0.29, 0.717) is 27.2 Å². The van der Waals surface area contributed by atoms with E-state index in [0.717, 1.165) is 0 Å². The molecule has 0 unspecified atom stereocenters. The zero-order chi connectivity index (χ0) is 14.5. The molecule has 0 spiro atoms. The first-order valence-electron chi connectivity index (χ1n) is 5.79. The van der Waals surface area contributed by atoms with Crippen LogP contribution in [0.1, 0.15) is 10.4 Å². The standard InChI is InChI=1S/C14H13BrN2O3/c1-19-11-4-3-5-12(20-2)13(11)14(18)17-10-6-7-16-8-9(10)15/h3-8H,1-2H3,(H,16,17,18). The third-order valence-electron chi connectivity index (χ3n) is 2.68. The Morgan fingerprint density at radius 1 is 1.20 bits per heavy atom. The van der Waals surface area contributed by atoms with E-state index in [9.17, 15) is 4.79 Å². The van der Waals surface area contributed by atoms with Crippen LogP contribution in [-0.4, -0.2) is 25.1 Å². The molecule has 0 fully saturated rings. The van der Waals surface area contributed by atoms with Crippen molar-refractivity contribution in [2.24, 2.45) is 0 Å². The number of anilines is 1. The van der Waals surface area contributed by atoms with E-state index in [-0.39, 0.29) is 5.91 Å². The van der Waals surface area contributed by atoms with E-state index in [1.54, 1.807) is 36.7 Å². The van der Waals surface area contributed by atoms with Crippen LogP contribution in [0.5, 0.6) is 11.5 Å². The van der Waals surface area contributed by atoms with Crippen LogP contribution >= 0.6 is 15.9 Å². The first-order valence-corrected chi connectivity index (χ1v) is 6.58. The lowest BCUT2D eigenvalue weighted by molar-refractivity contribution is 0.102. The molecule has 20 heavy (non-hydrogen) atoms. The molecule has 0 saturated carbocycles. The summed E-state index contributed by atoms with van der Waals surface area (Å²) in [4.78, 5) is 16.4. The molecule has 1 aromatic heterocycles. The van der Waals surface area contributed by atoms with Crippen LogP contribution < -0.4 is 14.8 Å². The normalized spacial score (nSPS) is 9.95. The van der Waals surface area contributed by atoms with E-state index in [4.69, 9.17) is 9.47 Å². The van der Waals surface area contributed by atoms with Crippen LogP contribution in [0.25, 0.3) is 0 Å². The summed E-state index contributed by atoms with van der Waals surface area (Å²) in [6, 6.07) is 6.87. The van der Waals surface area contributed by atoms with Gasteiger partial charge in [-0.1, -0.05) is 6.07 Å². The summed E-state index contributed by atoms with van der Waals surface area (Å²) in [5.74, 6) is 0.588. The first-order chi connectivity index (χ1) is 9.67. The molecular weight excluding hydrogens is 324 g/mol. The van der Waals surface area contributed by atoms with Crippen molar-refractivity contribution in [2.75, 3.05) is 19.5 Å². The molecule has 1 aromatic carbocycles. The van der Waals surface area contributed by atoms with Gasteiger partial charge in [0.2, 0.25) is 0 Å². The number of nitrogens with zero attached hydrogens (tertiary/aromatic N) is 1. The van der Waals surface area contributed by atoms with Gasteiger partial charge in [-0.05, 0) is 34.1 Å². The first kappa shape index (κ1) is 14.3. The second-order valence-corrected chi connectivity index (χ2v) is 4.70. The highest BCUT2D eigenvalue weighted by Gasteiger charge is 2.18. The Hall–Kier alpha value is -2.08. The quantitative estimate of drug-likeness (QED) is 0.931. The fourth-order valence-electron chi connectivity index (χ4n) is 1.74. The highest BCUT2D eigenvalue weighted by Crippen LogP contribution is 2.30. The maximum absolute atomic E-state index is 12.4. The van der Waals surface area contributed by atoms with Crippen LogP contribution in [0, 0.1) is 0 Å². The van der Waals surface area contributed by atoms with E-state index in [1.165, 1.54) is 14.2 Å². The van der Waals surface area contributed by atoms with Crippen molar-refractivity contribution in [1.82, 2.24) is 4.98 Å². The molecule has 0 aliphatic carbocycles. The molecule has 6 heteroatoms. The SMILES string of the molecule is COc1cccc(OC)c1C(=O)Nc1ccncc1Br. The molecule has 5 nitrogen and oxygen atoms in total. The van der Waals surface area contributed by atoms with Crippen LogP contribution in [0.2, 0.25) is 0 Å². The number of aromatic nitrogens is 1. The molecule has 0 radical (unpaired) electrons. The summed E-state index contributed by atoms with van der Waals surface area (Å²) < 4.78 is 11.1. The molecule has 2 aromatic rings. The van der Waals surface area contributed by atoms with Gasteiger partial charge in [0.25, 0.3) is 5.91 Å². The van der Waals surface area contributed by atoms with Crippen LogP contribution in [0.4, 0.5) is 5.69 Å². The predicted octanol–water partition coefficient (Wildman–Crippen LogP) is 3.11. The molecule has 0 atom stereocenters. The van der Waals surface area contributed by atoms with E-state index < -0.39 is 0 Å². The highest BCUT2D eigenvalue weighted by atomic mass is 79.9. The van der Waals surface area contributed by atoms with E-state index in [1.807, 2.05) is 0 Å². The summed E-state index contributed by atoms with van der Waals surface area (Å²) >= 11 is 3.33. The Labute approximate surface area is 125 Å². The van der Waals surface area contributed by atoms with Crippen molar-refractivity contribution >= 4 is 27.5 Å². The number of amides is 1. The smallest absolute Gasteiger partial charge is 0.263 e. The zero-order valence-corrected chi connectivity index (χ0v) is 12.6. The highest BCUT2D eigenvalue weighted by molar-refractivity contribution is 9.10. The largest absolute Gasteiger partial charge is 0.496 e. The molecule has 2 rings (SSSR count).